The van der Waals surface area contributed by atoms with E-state index in [4.69, 9.17) is 0 Å². The minimum Gasteiger partial charge on any atom is -0.340 e. The number of carbonyl (C=O) groups excluding carboxylic acids is 1. The summed E-state index contributed by atoms with van der Waals surface area (Å²) in [6.07, 6.45) is 2.21. The van der Waals surface area contributed by atoms with Gasteiger partial charge in [-0.1, -0.05) is 5.21 Å². The summed E-state index contributed by atoms with van der Waals surface area (Å²) in [6, 6.07) is 4.54. The molecule has 0 bridgehead atoms. The van der Waals surface area contributed by atoms with Gasteiger partial charge < -0.3 is 4.90 Å². The molecule has 0 aliphatic carbocycles. The molecule has 8 nitrogen and oxygen atoms in total. The van der Waals surface area contributed by atoms with Gasteiger partial charge in [0.2, 0.25) is 5.91 Å². The molecule has 27 heavy (non-hydrogen) atoms. The van der Waals surface area contributed by atoms with Crippen LogP contribution in [0.2, 0.25) is 0 Å². The van der Waals surface area contributed by atoms with Gasteiger partial charge in [0.05, 0.1) is 18.1 Å². The predicted octanol–water partition coefficient (Wildman–Crippen LogP) is 2.03. The van der Waals surface area contributed by atoms with E-state index in [9.17, 15) is 9.18 Å². The average Bonchev–Trinajstić information content (AvgIpc) is 3.21. The van der Waals surface area contributed by atoms with Crippen LogP contribution >= 0.6 is 0 Å². The Morgan fingerprint density at radius 1 is 1.33 bits per heavy atom. The summed E-state index contributed by atoms with van der Waals surface area (Å²) in [4.78, 5) is 18.8. The van der Waals surface area contributed by atoms with E-state index in [0.717, 1.165) is 30.7 Å². The number of carbonyl (C=O) groups is 1. The largest absolute Gasteiger partial charge is 0.340 e. The van der Waals surface area contributed by atoms with Gasteiger partial charge in [0.25, 0.3) is 0 Å². The fourth-order valence-electron chi connectivity index (χ4n) is 3.70. The van der Waals surface area contributed by atoms with Gasteiger partial charge in [-0.05, 0) is 38.8 Å². The molecule has 4 rings (SSSR count). The first-order valence-corrected chi connectivity index (χ1v) is 9.17. The number of likely N-dealkylation sites (tertiary alicyclic amines) is 1. The van der Waals surface area contributed by atoms with E-state index in [1.54, 1.807) is 10.7 Å². The van der Waals surface area contributed by atoms with Crippen LogP contribution in [0.15, 0.2) is 18.2 Å². The summed E-state index contributed by atoms with van der Waals surface area (Å²) < 4.78 is 17.0. The van der Waals surface area contributed by atoms with Crippen molar-refractivity contribution in [1.29, 1.82) is 0 Å². The van der Waals surface area contributed by atoms with Crippen LogP contribution in [-0.4, -0.2) is 53.7 Å². The van der Waals surface area contributed by atoms with E-state index in [1.165, 1.54) is 12.1 Å². The second-order valence-corrected chi connectivity index (χ2v) is 6.98. The van der Waals surface area contributed by atoms with E-state index in [2.05, 4.69) is 20.4 Å². The molecule has 1 saturated heterocycles. The standard InChI is InChI=1S/C18H22FN7O/c1-12-20-13(2)25(22-12)9-7-18(27)24-8-3-4-15(11-24)26-17-6-5-14(19)10-16(17)21-23-26/h5-6,10,15H,3-4,7-9,11H2,1-2H3. The second-order valence-electron chi connectivity index (χ2n) is 6.98. The van der Waals surface area contributed by atoms with Crippen LogP contribution in [0.1, 0.15) is 37.0 Å². The molecule has 0 saturated carbocycles. The van der Waals surface area contributed by atoms with Gasteiger partial charge in [-0.3, -0.25) is 4.79 Å². The number of aromatic nitrogens is 6. The van der Waals surface area contributed by atoms with Gasteiger partial charge in [0, 0.05) is 25.6 Å². The zero-order chi connectivity index (χ0) is 19.0. The molecule has 1 fully saturated rings. The quantitative estimate of drug-likeness (QED) is 0.701. The molecule has 0 N–H and O–H groups in total. The Morgan fingerprint density at radius 2 is 2.19 bits per heavy atom. The van der Waals surface area contributed by atoms with Gasteiger partial charge in [0.15, 0.2) is 0 Å². The van der Waals surface area contributed by atoms with Crippen molar-refractivity contribution < 1.29 is 9.18 Å². The summed E-state index contributed by atoms with van der Waals surface area (Å²) in [7, 11) is 0. The first-order chi connectivity index (χ1) is 13.0. The van der Waals surface area contributed by atoms with Crippen molar-refractivity contribution in [2.75, 3.05) is 13.1 Å². The van der Waals surface area contributed by atoms with Crippen LogP contribution in [-0.2, 0) is 11.3 Å². The summed E-state index contributed by atoms with van der Waals surface area (Å²) in [5, 5.41) is 12.6. The number of fused-ring (bicyclic) bond motifs is 1. The summed E-state index contributed by atoms with van der Waals surface area (Å²) in [6.45, 7) is 5.59. The molecule has 1 aliphatic rings. The lowest BCUT2D eigenvalue weighted by molar-refractivity contribution is -0.133. The van der Waals surface area contributed by atoms with Crippen molar-refractivity contribution in [3.8, 4) is 0 Å². The third-order valence-corrected chi connectivity index (χ3v) is 5.03. The molecule has 3 aromatic rings. The summed E-state index contributed by atoms with van der Waals surface area (Å²) in [5.41, 5.74) is 1.33. The van der Waals surface area contributed by atoms with E-state index in [0.29, 0.717) is 30.9 Å². The molecule has 1 amide bonds. The van der Waals surface area contributed by atoms with Gasteiger partial charge in [0.1, 0.15) is 23.0 Å². The Bertz CT molecular complexity index is 979. The Morgan fingerprint density at radius 3 is 2.96 bits per heavy atom. The highest BCUT2D eigenvalue weighted by atomic mass is 19.1. The fraction of sp³-hybridized carbons (Fsp3) is 0.500. The molecule has 0 radical (unpaired) electrons. The van der Waals surface area contributed by atoms with Crippen LogP contribution in [0.4, 0.5) is 4.39 Å². The number of hydrogen-bond donors (Lipinski definition) is 0. The maximum absolute atomic E-state index is 13.4. The van der Waals surface area contributed by atoms with Crippen molar-refractivity contribution in [2.24, 2.45) is 0 Å². The SMILES string of the molecule is Cc1nc(C)n(CCC(=O)N2CCCC(n3nnc4cc(F)ccc43)C2)n1. The number of hydrogen-bond acceptors (Lipinski definition) is 5. The lowest BCUT2D eigenvalue weighted by atomic mass is 10.1. The van der Waals surface area contributed by atoms with Crippen LogP contribution < -0.4 is 0 Å². The summed E-state index contributed by atoms with van der Waals surface area (Å²) in [5.74, 6) is 1.31. The smallest absolute Gasteiger partial charge is 0.224 e. The van der Waals surface area contributed by atoms with Crippen LogP contribution in [0.5, 0.6) is 0 Å². The Balaban J connectivity index is 1.44. The van der Waals surface area contributed by atoms with Crippen LogP contribution in [0.3, 0.4) is 0 Å². The number of aryl methyl sites for hydroxylation is 3. The topological polar surface area (TPSA) is 81.7 Å². The fourth-order valence-corrected chi connectivity index (χ4v) is 3.70. The Kier molecular flexibility index (Phi) is 4.59. The Hall–Kier alpha value is -2.84. The lowest BCUT2D eigenvalue weighted by Gasteiger charge is -2.33. The van der Waals surface area contributed by atoms with Gasteiger partial charge in [-0.15, -0.1) is 5.10 Å². The van der Waals surface area contributed by atoms with Crippen LogP contribution in [0.25, 0.3) is 11.0 Å². The average molecular weight is 371 g/mol. The highest BCUT2D eigenvalue weighted by molar-refractivity contribution is 5.76. The van der Waals surface area contributed by atoms with E-state index in [-0.39, 0.29) is 17.8 Å². The molecule has 1 unspecified atom stereocenters. The highest BCUT2D eigenvalue weighted by Crippen LogP contribution is 2.25. The maximum atomic E-state index is 13.4. The number of piperidine rings is 1. The predicted molar refractivity (Wildman–Crippen MR) is 96.5 cm³/mol. The minimum atomic E-state index is -0.325. The molecule has 1 aromatic carbocycles. The van der Waals surface area contributed by atoms with Crippen molar-refractivity contribution in [3.63, 3.8) is 0 Å². The van der Waals surface area contributed by atoms with Crippen molar-refractivity contribution in [2.45, 2.75) is 45.7 Å². The van der Waals surface area contributed by atoms with Gasteiger partial charge >= 0.3 is 0 Å². The van der Waals surface area contributed by atoms with E-state index >= 15 is 0 Å². The van der Waals surface area contributed by atoms with Crippen molar-refractivity contribution in [3.05, 3.63) is 35.7 Å². The van der Waals surface area contributed by atoms with Crippen molar-refractivity contribution >= 4 is 16.9 Å². The molecular weight excluding hydrogens is 349 g/mol. The number of amides is 1. The van der Waals surface area contributed by atoms with Gasteiger partial charge in [-0.2, -0.15) is 5.10 Å². The zero-order valence-corrected chi connectivity index (χ0v) is 15.5. The van der Waals surface area contributed by atoms with E-state index < -0.39 is 0 Å². The minimum absolute atomic E-state index is 0.0495. The molecule has 9 heteroatoms. The molecule has 1 atom stereocenters. The maximum Gasteiger partial charge on any atom is 0.224 e. The molecular formula is C18H22FN7O. The van der Waals surface area contributed by atoms with E-state index in [1.807, 2.05) is 23.4 Å². The normalized spacial score (nSPS) is 17.6. The highest BCUT2D eigenvalue weighted by Gasteiger charge is 2.26. The third kappa shape index (κ3) is 3.54. The van der Waals surface area contributed by atoms with Crippen LogP contribution in [0, 0.1) is 19.7 Å². The summed E-state index contributed by atoms with van der Waals surface area (Å²) >= 11 is 0. The Labute approximate surface area is 156 Å². The first-order valence-electron chi connectivity index (χ1n) is 9.17. The monoisotopic (exact) mass is 371 g/mol. The number of benzene rings is 1. The zero-order valence-electron chi connectivity index (χ0n) is 15.5. The first kappa shape index (κ1) is 17.6. The number of halogens is 1. The second kappa shape index (κ2) is 7.05. The molecule has 2 aromatic heterocycles. The lowest BCUT2D eigenvalue weighted by Crippen LogP contribution is -2.41. The molecule has 142 valence electrons. The van der Waals surface area contributed by atoms with Gasteiger partial charge in [-0.25, -0.2) is 18.7 Å². The molecule has 1 aliphatic heterocycles. The third-order valence-electron chi connectivity index (χ3n) is 5.03. The molecule has 3 heterocycles. The molecule has 0 spiro atoms. The number of rotatable bonds is 4. The number of nitrogens with zero attached hydrogens (tertiary/aromatic N) is 7. The van der Waals surface area contributed by atoms with Crippen molar-refractivity contribution in [1.82, 2.24) is 34.7 Å².